The zero-order valence-corrected chi connectivity index (χ0v) is 21.7. The van der Waals surface area contributed by atoms with E-state index in [-0.39, 0.29) is 18.8 Å². The number of amides is 3. The Hall–Kier alpha value is -4.18. The third-order valence-electron chi connectivity index (χ3n) is 6.29. The number of aliphatic carboxylic acids is 1. The Morgan fingerprint density at radius 2 is 1.45 bits per heavy atom. The highest BCUT2D eigenvalue weighted by molar-refractivity contribution is 5.94. The second-order valence-corrected chi connectivity index (χ2v) is 9.73. The number of benzene rings is 2. The summed E-state index contributed by atoms with van der Waals surface area (Å²) in [4.78, 5) is 54.0. The molecule has 0 saturated heterocycles. The summed E-state index contributed by atoms with van der Waals surface area (Å²) in [5.41, 5.74) is 8.03. The molecule has 0 aliphatic rings. The van der Waals surface area contributed by atoms with Gasteiger partial charge < -0.3 is 31.8 Å². The van der Waals surface area contributed by atoms with Gasteiger partial charge in [-0.05, 0) is 30.0 Å². The van der Waals surface area contributed by atoms with Gasteiger partial charge in [-0.15, -0.1) is 0 Å². The minimum atomic E-state index is -1.23. The molecule has 10 nitrogen and oxygen atoms in total. The first-order valence-electron chi connectivity index (χ1n) is 12.5. The van der Waals surface area contributed by atoms with Gasteiger partial charge in [0.25, 0.3) is 0 Å². The minimum absolute atomic E-state index is 0.0517. The van der Waals surface area contributed by atoms with Gasteiger partial charge in [0, 0.05) is 29.9 Å². The number of carboxylic acids is 1. The van der Waals surface area contributed by atoms with Gasteiger partial charge in [0.2, 0.25) is 17.7 Å². The number of nitrogens with two attached hydrogens (primary N) is 1. The molecule has 0 fully saturated rings. The molecule has 1 aromatic heterocycles. The van der Waals surface area contributed by atoms with Crippen LogP contribution in [0.5, 0.6) is 0 Å². The van der Waals surface area contributed by atoms with E-state index in [1.54, 1.807) is 20.0 Å². The van der Waals surface area contributed by atoms with Crippen LogP contribution in [0.15, 0.2) is 60.8 Å². The highest BCUT2D eigenvalue weighted by Crippen LogP contribution is 2.19. The minimum Gasteiger partial charge on any atom is -0.480 e. The summed E-state index contributed by atoms with van der Waals surface area (Å²) in [6.45, 7) is 5.04. The fourth-order valence-corrected chi connectivity index (χ4v) is 4.13. The van der Waals surface area contributed by atoms with E-state index in [0.717, 1.165) is 22.0 Å². The zero-order chi connectivity index (χ0) is 27.8. The maximum Gasteiger partial charge on any atom is 0.326 e. The van der Waals surface area contributed by atoms with Crippen molar-refractivity contribution < 1.29 is 24.3 Å². The number of aromatic nitrogens is 1. The van der Waals surface area contributed by atoms with E-state index in [2.05, 4.69) is 20.9 Å². The molecule has 2 aromatic carbocycles. The maximum absolute atomic E-state index is 13.4. The van der Waals surface area contributed by atoms with Crippen LogP contribution in [0.25, 0.3) is 10.9 Å². The average molecular weight is 522 g/mol. The predicted molar refractivity (Wildman–Crippen MR) is 144 cm³/mol. The Kier molecular flexibility index (Phi) is 9.61. The third kappa shape index (κ3) is 7.42. The van der Waals surface area contributed by atoms with Crippen LogP contribution in [-0.4, -0.2) is 57.9 Å². The fraction of sp³-hybridized carbons (Fsp3) is 0.357. The first-order valence-corrected chi connectivity index (χ1v) is 12.5. The summed E-state index contributed by atoms with van der Waals surface area (Å²) in [6, 6.07) is 12.5. The smallest absolute Gasteiger partial charge is 0.326 e. The van der Waals surface area contributed by atoms with Crippen molar-refractivity contribution >= 4 is 34.6 Å². The molecular weight excluding hydrogens is 486 g/mol. The average Bonchev–Trinajstić information content (AvgIpc) is 3.29. The summed E-state index contributed by atoms with van der Waals surface area (Å²) in [5.74, 6) is -3.18. The largest absolute Gasteiger partial charge is 0.480 e. The van der Waals surface area contributed by atoms with Gasteiger partial charge in [0.05, 0.1) is 6.04 Å². The van der Waals surface area contributed by atoms with E-state index in [9.17, 15) is 24.3 Å². The van der Waals surface area contributed by atoms with E-state index in [0.29, 0.717) is 0 Å². The van der Waals surface area contributed by atoms with E-state index in [1.807, 2.05) is 54.6 Å². The molecule has 38 heavy (non-hydrogen) atoms. The van der Waals surface area contributed by atoms with Crippen molar-refractivity contribution in [3.63, 3.8) is 0 Å². The quantitative estimate of drug-likeness (QED) is 0.211. The molecule has 0 aliphatic heterocycles. The summed E-state index contributed by atoms with van der Waals surface area (Å²) in [5, 5.41) is 18.7. The molecule has 0 saturated carbocycles. The Bertz CT molecular complexity index is 1270. The predicted octanol–water partition coefficient (Wildman–Crippen LogP) is 1.50. The Balaban J connectivity index is 1.81. The SMILES string of the molecule is CC(N)C(=O)NC(C(=O)NC(Cc1ccccc1)C(=O)NC(Cc1c[nH]c2ccccc12)C(=O)O)C(C)C. The second-order valence-electron chi connectivity index (χ2n) is 9.73. The number of hydrogen-bond donors (Lipinski definition) is 6. The van der Waals surface area contributed by atoms with Crippen LogP contribution in [0.2, 0.25) is 0 Å². The number of H-pyrrole nitrogens is 1. The molecule has 4 atom stereocenters. The molecule has 0 bridgehead atoms. The Morgan fingerprint density at radius 3 is 2.08 bits per heavy atom. The van der Waals surface area contributed by atoms with Gasteiger partial charge in [-0.3, -0.25) is 14.4 Å². The third-order valence-corrected chi connectivity index (χ3v) is 6.29. The van der Waals surface area contributed by atoms with Crippen molar-refractivity contribution in [2.45, 2.75) is 57.8 Å². The molecule has 7 N–H and O–H groups in total. The number of aromatic amines is 1. The second kappa shape index (κ2) is 12.9. The fourth-order valence-electron chi connectivity index (χ4n) is 4.13. The van der Waals surface area contributed by atoms with Crippen molar-refractivity contribution in [1.29, 1.82) is 0 Å². The summed E-state index contributed by atoms with van der Waals surface area (Å²) in [7, 11) is 0. The normalized spacial score (nSPS) is 14.3. The van der Waals surface area contributed by atoms with E-state index in [1.165, 1.54) is 6.92 Å². The molecule has 0 radical (unpaired) electrons. The number of nitrogens with one attached hydrogen (secondary N) is 4. The van der Waals surface area contributed by atoms with Crippen molar-refractivity contribution in [3.05, 3.63) is 71.9 Å². The molecule has 10 heteroatoms. The van der Waals surface area contributed by atoms with Crippen molar-refractivity contribution in [2.24, 2.45) is 11.7 Å². The maximum atomic E-state index is 13.4. The van der Waals surface area contributed by atoms with Crippen molar-refractivity contribution in [1.82, 2.24) is 20.9 Å². The van der Waals surface area contributed by atoms with Gasteiger partial charge >= 0.3 is 5.97 Å². The number of carboxylic acid groups (broad SMARTS) is 1. The first kappa shape index (κ1) is 28.4. The van der Waals surface area contributed by atoms with Crippen molar-refractivity contribution in [2.75, 3.05) is 0 Å². The Labute approximate surface area is 221 Å². The number of carbonyl (C=O) groups excluding carboxylic acids is 3. The molecule has 3 aromatic rings. The number of fused-ring (bicyclic) bond motifs is 1. The van der Waals surface area contributed by atoms with Gasteiger partial charge in [0.1, 0.15) is 18.1 Å². The first-order chi connectivity index (χ1) is 18.1. The van der Waals surface area contributed by atoms with Gasteiger partial charge in [-0.2, -0.15) is 0 Å². The lowest BCUT2D eigenvalue weighted by Gasteiger charge is -2.26. The standard InChI is InChI=1S/C28H35N5O5/c1-16(2)24(33-25(34)17(3)29)27(36)31-22(13-18-9-5-4-6-10-18)26(35)32-23(28(37)38)14-19-15-30-21-12-8-7-11-20(19)21/h4-12,15-17,22-24,30H,13-14,29H2,1-3H3,(H,31,36)(H,32,35)(H,33,34)(H,37,38). The van der Waals surface area contributed by atoms with Crippen LogP contribution in [0, 0.1) is 5.92 Å². The topological polar surface area (TPSA) is 166 Å². The van der Waals surface area contributed by atoms with Crippen LogP contribution in [0.4, 0.5) is 0 Å². The molecule has 4 unspecified atom stereocenters. The molecule has 0 aliphatic carbocycles. The highest BCUT2D eigenvalue weighted by Gasteiger charge is 2.31. The number of hydrogen-bond acceptors (Lipinski definition) is 5. The van der Waals surface area contributed by atoms with Crippen LogP contribution in [0.1, 0.15) is 31.9 Å². The lowest BCUT2D eigenvalue weighted by atomic mass is 10.00. The lowest BCUT2D eigenvalue weighted by molar-refractivity contribution is -0.142. The monoisotopic (exact) mass is 521 g/mol. The molecule has 0 spiro atoms. The zero-order valence-electron chi connectivity index (χ0n) is 21.7. The van der Waals surface area contributed by atoms with Gasteiger partial charge in [-0.1, -0.05) is 62.4 Å². The van der Waals surface area contributed by atoms with Crippen LogP contribution >= 0.6 is 0 Å². The number of rotatable bonds is 12. The molecular formula is C28H35N5O5. The summed E-state index contributed by atoms with van der Waals surface area (Å²) < 4.78 is 0. The van der Waals surface area contributed by atoms with E-state index in [4.69, 9.17) is 5.73 Å². The Morgan fingerprint density at radius 1 is 0.816 bits per heavy atom. The van der Waals surface area contributed by atoms with Crippen LogP contribution in [0.3, 0.4) is 0 Å². The number of carbonyl (C=O) groups is 4. The number of para-hydroxylation sites is 1. The summed E-state index contributed by atoms with van der Waals surface area (Å²) >= 11 is 0. The van der Waals surface area contributed by atoms with E-state index >= 15 is 0 Å². The lowest BCUT2D eigenvalue weighted by Crippen LogP contribution is -2.58. The van der Waals surface area contributed by atoms with Gasteiger partial charge in [0.15, 0.2) is 0 Å². The van der Waals surface area contributed by atoms with Crippen molar-refractivity contribution in [3.8, 4) is 0 Å². The summed E-state index contributed by atoms with van der Waals surface area (Å²) in [6.07, 6.45) is 1.91. The highest BCUT2D eigenvalue weighted by atomic mass is 16.4. The van der Waals surface area contributed by atoms with E-state index < -0.39 is 47.9 Å². The van der Waals surface area contributed by atoms with Crippen LogP contribution in [-0.2, 0) is 32.0 Å². The molecule has 202 valence electrons. The molecule has 1 heterocycles. The van der Waals surface area contributed by atoms with Crippen LogP contribution < -0.4 is 21.7 Å². The molecule has 3 rings (SSSR count). The molecule has 3 amide bonds. The van der Waals surface area contributed by atoms with Gasteiger partial charge in [-0.25, -0.2) is 4.79 Å².